The Kier molecular flexibility index (Phi) is 2.82. The van der Waals surface area contributed by atoms with Crippen molar-refractivity contribution in [3.63, 3.8) is 0 Å². The molecule has 11 heavy (non-hydrogen) atoms. The number of piperidine rings is 1. The fourth-order valence-electron chi connectivity index (χ4n) is 2.15. The maximum absolute atomic E-state index is 3.66. The van der Waals surface area contributed by atoms with E-state index in [-0.39, 0.29) is 12.4 Å². The summed E-state index contributed by atoms with van der Waals surface area (Å²) in [6, 6.07) is 0. The first-order valence-corrected chi connectivity index (χ1v) is 4.56. The van der Waals surface area contributed by atoms with Crippen LogP contribution in [0.2, 0.25) is 0 Å². The van der Waals surface area contributed by atoms with Crippen molar-refractivity contribution in [2.24, 2.45) is 5.92 Å². The van der Waals surface area contributed by atoms with E-state index < -0.39 is 0 Å². The van der Waals surface area contributed by atoms with Crippen molar-refractivity contribution >= 4 is 12.4 Å². The Bertz CT molecular complexity index is 126. The largest absolute Gasteiger partial charge is 0.311 e. The van der Waals surface area contributed by atoms with Gasteiger partial charge in [0, 0.05) is 5.54 Å². The van der Waals surface area contributed by atoms with Gasteiger partial charge in [-0.25, -0.2) is 0 Å². The Morgan fingerprint density at radius 3 is 2.45 bits per heavy atom. The molecule has 2 rings (SSSR count). The molecule has 0 spiro atoms. The van der Waals surface area contributed by atoms with Gasteiger partial charge in [0.25, 0.3) is 0 Å². The predicted octanol–water partition coefficient (Wildman–Crippen LogP) is 2.35. The van der Waals surface area contributed by atoms with Crippen LogP contribution >= 0.6 is 12.4 Å². The summed E-state index contributed by atoms with van der Waals surface area (Å²) in [5.41, 5.74) is 0.540. The Labute approximate surface area is 75.4 Å². The highest BCUT2D eigenvalue weighted by atomic mass is 35.5. The number of nitrogens with one attached hydrogen (secondary N) is 1. The Morgan fingerprint density at radius 2 is 2.00 bits per heavy atom. The van der Waals surface area contributed by atoms with E-state index in [0.717, 1.165) is 5.92 Å². The van der Waals surface area contributed by atoms with Gasteiger partial charge in [0.1, 0.15) is 0 Å². The summed E-state index contributed by atoms with van der Waals surface area (Å²) in [7, 11) is 0. The standard InChI is InChI=1S/C9H17N.ClH/c1-9(8-4-5-8)6-2-3-7-10-9;/h8,10H,2-7H2,1H3;1H. The van der Waals surface area contributed by atoms with Crippen LogP contribution in [-0.2, 0) is 0 Å². The molecule has 0 radical (unpaired) electrons. The molecule has 2 heteroatoms. The summed E-state index contributed by atoms with van der Waals surface area (Å²) in [4.78, 5) is 0. The first-order chi connectivity index (χ1) is 4.81. The summed E-state index contributed by atoms with van der Waals surface area (Å²) in [6.07, 6.45) is 7.20. The monoisotopic (exact) mass is 175 g/mol. The molecule has 1 atom stereocenters. The molecule has 66 valence electrons. The van der Waals surface area contributed by atoms with Gasteiger partial charge in [0.15, 0.2) is 0 Å². The second kappa shape index (κ2) is 3.32. The van der Waals surface area contributed by atoms with Crippen LogP contribution in [-0.4, -0.2) is 12.1 Å². The van der Waals surface area contributed by atoms with Crippen molar-refractivity contribution < 1.29 is 0 Å². The number of hydrogen-bond acceptors (Lipinski definition) is 1. The lowest BCUT2D eigenvalue weighted by Gasteiger charge is -2.35. The van der Waals surface area contributed by atoms with E-state index in [4.69, 9.17) is 0 Å². The molecule has 2 fully saturated rings. The molecule has 1 aliphatic carbocycles. The summed E-state index contributed by atoms with van der Waals surface area (Å²) in [6.45, 7) is 3.66. The van der Waals surface area contributed by atoms with E-state index in [9.17, 15) is 0 Å². The van der Waals surface area contributed by atoms with E-state index in [2.05, 4.69) is 12.2 Å². The number of halogens is 1. The van der Waals surface area contributed by atoms with Gasteiger partial charge < -0.3 is 5.32 Å². The maximum atomic E-state index is 3.66. The van der Waals surface area contributed by atoms with Crippen LogP contribution in [0.5, 0.6) is 0 Å². The minimum absolute atomic E-state index is 0. The summed E-state index contributed by atoms with van der Waals surface area (Å²) < 4.78 is 0. The smallest absolute Gasteiger partial charge is 0.0181 e. The molecule has 0 aromatic rings. The van der Waals surface area contributed by atoms with Crippen molar-refractivity contribution in [2.75, 3.05) is 6.54 Å². The average Bonchev–Trinajstić information content (AvgIpc) is 2.69. The van der Waals surface area contributed by atoms with Crippen LogP contribution in [0.25, 0.3) is 0 Å². The summed E-state index contributed by atoms with van der Waals surface area (Å²) >= 11 is 0. The van der Waals surface area contributed by atoms with Crippen LogP contribution < -0.4 is 5.32 Å². The van der Waals surface area contributed by atoms with Crippen LogP contribution in [0.3, 0.4) is 0 Å². The number of rotatable bonds is 1. The zero-order valence-corrected chi connectivity index (χ0v) is 8.04. The van der Waals surface area contributed by atoms with Gasteiger partial charge in [-0.3, -0.25) is 0 Å². The first-order valence-electron chi connectivity index (χ1n) is 4.56. The zero-order valence-electron chi connectivity index (χ0n) is 7.23. The molecule has 0 bridgehead atoms. The van der Waals surface area contributed by atoms with Gasteiger partial charge in [-0.05, 0) is 45.1 Å². The highest BCUT2D eigenvalue weighted by molar-refractivity contribution is 5.85. The predicted molar refractivity (Wildman–Crippen MR) is 50.2 cm³/mol. The second-order valence-corrected chi connectivity index (χ2v) is 4.08. The molecule has 1 saturated carbocycles. The fraction of sp³-hybridized carbons (Fsp3) is 1.00. The second-order valence-electron chi connectivity index (χ2n) is 4.08. The minimum atomic E-state index is 0. The van der Waals surface area contributed by atoms with E-state index >= 15 is 0 Å². The zero-order chi connectivity index (χ0) is 7.03. The molecule has 1 aliphatic heterocycles. The third-order valence-electron chi connectivity index (χ3n) is 3.13. The highest BCUT2D eigenvalue weighted by Crippen LogP contribution is 2.43. The SMILES string of the molecule is CC1(C2CC2)CCCCN1.Cl. The Morgan fingerprint density at radius 1 is 1.27 bits per heavy atom. The minimum Gasteiger partial charge on any atom is -0.311 e. The van der Waals surface area contributed by atoms with E-state index in [0.29, 0.717) is 5.54 Å². The average molecular weight is 176 g/mol. The van der Waals surface area contributed by atoms with Crippen LogP contribution in [0.4, 0.5) is 0 Å². The molecule has 1 N–H and O–H groups in total. The molecule has 1 nitrogen and oxygen atoms in total. The van der Waals surface area contributed by atoms with Crippen molar-refractivity contribution in [1.29, 1.82) is 0 Å². The van der Waals surface area contributed by atoms with Gasteiger partial charge in [-0.15, -0.1) is 12.4 Å². The van der Waals surface area contributed by atoms with Crippen molar-refractivity contribution in [2.45, 2.75) is 44.6 Å². The molecule has 0 aromatic carbocycles. The molecule has 0 amide bonds. The Balaban J connectivity index is 0.000000605. The topological polar surface area (TPSA) is 12.0 Å². The molecule has 0 aromatic heterocycles. The molecule has 2 aliphatic rings. The quantitative estimate of drug-likeness (QED) is 0.645. The molecule has 1 unspecified atom stereocenters. The molecule has 1 heterocycles. The summed E-state index contributed by atoms with van der Waals surface area (Å²) in [5, 5.41) is 3.66. The third-order valence-corrected chi connectivity index (χ3v) is 3.13. The van der Waals surface area contributed by atoms with E-state index in [1.165, 1.54) is 38.6 Å². The normalized spacial score (nSPS) is 37.9. The molecule has 1 saturated heterocycles. The van der Waals surface area contributed by atoms with Crippen molar-refractivity contribution in [3.8, 4) is 0 Å². The van der Waals surface area contributed by atoms with Crippen molar-refractivity contribution in [3.05, 3.63) is 0 Å². The van der Waals surface area contributed by atoms with Crippen molar-refractivity contribution in [1.82, 2.24) is 5.32 Å². The fourth-order valence-corrected chi connectivity index (χ4v) is 2.15. The first kappa shape index (κ1) is 9.34. The van der Waals surface area contributed by atoms with Crippen LogP contribution in [0.1, 0.15) is 39.0 Å². The summed E-state index contributed by atoms with van der Waals surface area (Å²) in [5.74, 6) is 1.02. The van der Waals surface area contributed by atoms with Crippen LogP contribution in [0, 0.1) is 5.92 Å². The Hall–Kier alpha value is 0.250. The lowest BCUT2D eigenvalue weighted by molar-refractivity contribution is 0.244. The number of hydrogen-bond donors (Lipinski definition) is 1. The lowest BCUT2D eigenvalue weighted by atomic mass is 9.86. The maximum Gasteiger partial charge on any atom is 0.0181 e. The van der Waals surface area contributed by atoms with Gasteiger partial charge in [-0.1, -0.05) is 6.42 Å². The van der Waals surface area contributed by atoms with Crippen LogP contribution in [0.15, 0.2) is 0 Å². The van der Waals surface area contributed by atoms with Gasteiger partial charge in [0.2, 0.25) is 0 Å². The van der Waals surface area contributed by atoms with E-state index in [1.807, 2.05) is 0 Å². The van der Waals surface area contributed by atoms with E-state index in [1.54, 1.807) is 0 Å². The van der Waals surface area contributed by atoms with Gasteiger partial charge in [0.05, 0.1) is 0 Å². The van der Waals surface area contributed by atoms with Gasteiger partial charge >= 0.3 is 0 Å². The molecular weight excluding hydrogens is 158 g/mol. The third kappa shape index (κ3) is 1.88. The highest BCUT2D eigenvalue weighted by Gasteiger charge is 2.41. The molecular formula is C9H18ClN. The lowest BCUT2D eigenvalue weighted by Crippen LogP contribution is -2.47. The van der Waals surface area contributed by atoms with Gasteiger partial charge in [-0.2, -0.15) is 0 Å².